The molecule has 198 valence electrons. The molecule has 0 spiro atoms. The van der Waals surface area contributed by atoms with Crippen LogP contribution < -0.4 is 4.74 Å². The average molecular weight is 513 g/mol. The molecule has 2 rings (SSSR count). The predicted molar refractivity (Wildman–Crippen MR) is 135 cm³/mol. The van der Waals surface area contributed by atoms with Gasteiger partial charge in [-0.2, -0.15) is 0 Å². The molecule has 1 aliphatic rings. The number of benzene rings is 1. The van der Waals surface area contributed by atoms with Gasteiger partial charge in [0.15, 0.2) is 6.79 Å². The standard InChI is InChI=1S/C25H41FN2O6Si/c1-18-16-27(23(31)34-24(2,3)4)21(25(5,26)28(18)22(29)30)15-19-10-9-11-20(14-19)33-17-32-12-13-35(6,7)8/h9-11,14,18,21H,12-13,15-17H2,1-8H3,(H,29,30). The van der Waals surface area contributed by atoms with Gasteiger partial charge in [0, 0.05) is 21.2 Å². The number of ether oxygens (including phenoxy) is 3. The third-order valence-corrected chi connectivity index (χ3v) is 7.53. The van der Waals surface area contributed by atoms with Crippen molar-refractivity contribution in [1.29, 1.82) is 0 Å². The van der Waals surface area contributed by atoms with Crippen molar-refractivity contribution in [1.82, 2.24) is 9.80 Å². The van der Waals surface area contributed by atoms with E-state index in [1.807, 2.05) is 0 Å². The van der Waals surface area contributed by atoms with Crippen LogP contribution in [0.4, 0.5) is 14.0 Å². The lowest BCUT2D eigenvalue weighted by atomic mass is 9.91. The quantitative estimate of drug-likeness (QED) is 0.211. The van der Waals surface area contributed by atoms with E-state index >= 15 is 4.39 Å². The highest BCUT2D eigenvalue weighted by atomic mass is 28.3. The number of nitrogens with zero attached hydrogens (tertiary/aromatic N) is 2. The van der Waals surface area contributed by atoms with Crippen LogP contribution in [0, 0.1) is 0 Å². The number of amides is 2. The lowest BCUT2D eigenvalue weighted by molar-refractivity contribution is -0.127. The molecular formula is C25H41FN2O6Si. The van der Waals surface area contributed by atoms with Gasteiger partial charge in [0.25, 0.3) is 0 Å². The largest absolute Gasteiger partial charge is 0.468 e. The first-order chi connectivity index (χ1) is 16.0. The topological polar surface area (TPSA) is 88.5 Å². The van der Waals surface area contributed by atoms with E-state index in [2.05, 4.69) is 19.6 Å². The van der Waals surface area contributed by atoms with Gasteiger partial charge < -0.3 is 19.3 Å². The van der Waals surface area contributed by atoms with Gasteiger partial charge in [-0.15, -0.1) is 0 Å². The number of hydrogen-bond acceptors (Lipinski definition) is 5. The van der Waals surface area contributed by atoms with E-state index in [4.69, 9.17) is 14.2 Å². The molecule has 0 saturated carbocycles. The number of rotatable bonds is 8. The fourth-order valence-electron chi connectivity index (χ4n) is 4.10. The number of halogens is 1. The van der Waals surface area contributed by atoms with Crippen molar-refractivity contribution in [2.75, 3.05) is 19.9 Å². The highest BCUT2D eigenvalue weighted by Gasteiger charge is 2.54. The number of piperazine rings is 1. The van der Waals surface area contributed by atoms with E-state index in [9.17, 15) is 14.7 Å². The molecule has 1 saturated heterocycles. The zero-order chi connectivity index (χ0) is 26.6. The third-order valence-electron chi connectivity index (χ3n) is 5.82. The van der Waals surface area contributed by atoms with Gasteiger partial charge in [0.05, 0.1) is 12.1 Å². The van der Waals surface area contributed by atoms with Crippen LogP contribution >= 0.6 is 0 Å². The summed E-state index contributed by atoms with van der Waals surface area (Å²) >= 11 is 0. The minimum absolute atomic E-state index is 0.0203. The van der Waals surface area contributed by atoms with Crippen LogP contribution in [-0.4, -0.2) is 78.6 Å². The molecule has 0 aliphatic carbocycles. The molecule has 0 aromatic heterocycles. The van der Waals surface area contributed by atoms with Gasteiger partial charge in [0.2, 0.25) is 5.79 Å². The van der Waals surface area contributed by atoms with E-state index in [-0.39, 0.29) is 19.8 Å². The molecule has 3 unspecified atom stereocenters. The molecule has 0 radical (unpaired) electrons. The summed E-state index contributed by atoms with van der Waals surface area (Å²) in [6.07, 6.45) is -1.97. The molecule has 1 heterocycles. The van der Waals surface area contributed by atoms with Crippen LogP contribution in [0.15, 0.2) is 24.3 Å². The van der Waals surface area contributed by atoms with E-state index < -0.39 is 43.7 Å². The Morgan fingerprint density at radius 1 is 1.26 bits per heavy atom. The second-order valence-corrected chi connectivity index (χ2v) is 17.1. The minimum atomic E-state index is -2.34. The number of carbonyl (C=O) groups excluding carboxylic acids is 1. The smallest absolute Gasteiger partial charge is 0.410 e. The first kappa shape index (κ1) is 28.9. The lowest BCUT2D eigenvalue weighted by Gasteiger charge is -2.51. The van der Waals surface area contributed by atoms with Crippen LogP contribution in [0.25, 0.3) is 0 Å². The van der Waals surface area contributed by atoms with Crippen molar-refractivity contribution < 1.29 is 33.3 Å². The molecule has 10 heteroatoms. The number of hydrogen-bond donors (Lipinski definition) is 1. The lowest BCUT2D eigenvalue weighted by Crippen LogP contribution is -2.70. The maximum Gasteiger partial charge on any atom is 0.410 e. The monoisotopic (exact) mass is 512 g/mol. The average Bonchev–Trinajstić information content (AvgIpc) is 2.67. The minimum Gasteiger partial charge on any atom is -0.468 e. The fraction of sp³-hybridized carbons (Fsp3) is 0.680. The summed E-state index contributed by atoms with van der Waals surface area (Å²) in [6.45, 7) is 15.6. The van der Waals surface area contributed by atoms with Crippen LogP contribution in [0.5, 0.6) is 5.75 Å². The van der Waals surface area contributed by atoms with Gasteiger partial charge in [-0.3, -0.25) is 9.80 Å². The van der Waals surface area contributed by atoms with Crippen molar-refractivity contribution >= 4 is 20.3 Å². The molecule has 1 fully saturated rings. The molecule has 1 N–H and O–H groups in total. The molecule has 35 heavy (non-hydrogen) atoms. The third kappa shape index (κ3) is 8.38. The van der Waals surface area contributed by atoms with Crippen LogP contribution in [0.2, 0.25) is 25.7 Å². The molecule has 1 aromatic rings. The van der Waals surface area contributed by atoms with Crippen LogP contribution in [0.1, 0.15) is 40.2 Å². The summed E-state index contributed by atoms with van der Waals surface area (Å²) in [7, 11) is -1.19. The highest BCUT2D eigenvalue weighted by molar-refractivity contribution is 6.76. The fourth-order valence-corrected chi connectivity index (χ4v) is 4.85. The van der Waals surface area contributed by atoms with Gasteiger partial charge in [-0.1, -0.05) is 31.8 Å². The number of carbonyl (C=O) groups is 2. The molecule has 1 aromatic carbocycles. The van der Waals surface area contributed by atoms with Crippen molar-refractivity contribution in [3.63, 3.8) is 0 Å². The summed E-state index contributed by atoms with van der Waals surface area (Å²) in [4.78, 5) is 27.0. The maximum absolute atomic E-state index is 16.2. The molecule has 0 bridgehead atoms. The van der Waals surface area contributed by atoms with Crippen LogP contribution in [-0.2, 0) is 15.9 Å². The molecular weight excluding hydrogens is 471 g/mol. The zero-order valence-electron chi connectivity index (χ0n) is 22.3. The first-order valence-electron chi connectivity index (χ1n) is 12.0. The van der Waals surface area contributed by atoms with Crippen LogP contribution in [0.3, 0.4) is 0 Å². The van der Waals surface area contributed by atoms with E-state index in [0.29, 0.717) is 17.9 Å². The molecule has 3 atom stereocenters. The van der Waals surface area contributed by atoms with Crippen molar-refractivity contribution in [3.8, 4) is 5.75 Å². The summed E-state index contributed by atoms with van der Waals surface area (Å²) in [6, 6.07) is 6.31. The number of carboxylic acid groups (broad SMARTS) is 1. The Kier molecular flexibility index (Phi) is 9.21. The van der Waals surface area contributed by atoms with Crippen molar-refractivity contribution in [2.45, 2.75) is 90.2 Å². The van der Waals surface area contributed by atoms with Crippen molar-refractivity contribution in [2.24, 2.45) is 0 Å². The second kappa shape index (κ2) is 11.2. The summed E-state index contributed by atoms with van der Waals surface area (Å²) in [5.74, 6) is -1.78. The normalized spacial score (nSPS) is 23.2. The SMILES string of the molecule is CC1CN(C(=O)OC(C)(C)C)C(Cc2cccc(OCOCC[Si](C)(C)C)c2)C(C)(F)N1C(=O)O. The zero-order valence-corrected chi connectivity index (χ0v) is 23.3. The Morgan fingerprint density at radius 3 is 2.49 bits per heavy atom. The van der Waals surface area contributed by atoms with Gasteiger partial charge in [-0.25, -0.2) is 14.0 Å². The Labute approximate surface area is 209 Å². The van der Waals surface area contributed by atoms with E-state index in [0.717, 1.165) is 10.9 Å². The molecule has 8 nitrogen and oxygen atoms in total. The summed E-state index contributed by atoms with van der Waals surface area (Å²) in [5, 5.41) is 9.69. The molecule has 1 aliphatic heterocycles. The van der Waals surface area contributed by atoms with Gasteiger partial charge in [-0.05, 0) is 64.8 Å². The highest BCUT2D eigenvalue weighted by Crippen LogP contribution is 2.36. The molecule has 2 amide bonds. The summed E-state index contributed by atoms with van der Waals surface area (Å²) in [5.41, 5.74) is -0.0722. The first-order valence-corrected chi connectivity index (χ1v) is 15.7. The van der Waals surface area contributed by atoms with Gasteiger partial charge >= 0.3 is 12.2 Å². The Balaban J connectivity index is 2.21. The predicted octanol–water partition coefficient (Wildman–Crippen LogP) is 5.59. The Bertz CT molecular complexity index is 883. The number of alkyl halides is 1. The Hall–Kier alpha value is -2.33. The second-order valence-electron chi connectivity index (χ2n) is 11.5. The van der Waals surface area contributed by atoms with E-state index in [1.165, 1.54) is 11.8 Å². The van der Waals surface area contributed by atoms with Crippen molar-refractivity contribution in [3.05, 3.63) is 29.8 Å². The van der Waals surface area contributed by atoms with E-state index in [1.54, 1.807) is 52.0 Å². The maximum atomic E-state index is 16.2. The van der Waals surface area contributed by atoms with Gasteiger partial charge in [0.1, 0.15) is 11.4 Å². The summed E-state index contributed by atoms with van der Waals surface area (Å²) < 4.78 is 33.0. The Morgan fingerprint density at radius 2 is 1.91 bits per heavy atom.